The summed E-state index contributed by atoms with van der Waals surface area (Å²) in [5.41, 5.74) is -0.376. The molecule has 1 aromatic carbocycles. The molecule has 0 radical (unpaired) electrons. The third-order valence-corrected chi connectivity index (χ3v) is 6.20. The fourth-order valence-corrected chi connectivity index (χ4v) is 4.19. The van der Waals surface area contributed by atoms with Gasteiger partial charge in [-0.25, -0.2) is 28.9 Å². The van der Waals surface area contributed by atoms with Crippen LogP contribution in [0.3, 0.4) is 0 Å². The summed E-state index contributed by atoms with van der Waals surface area (Å²) in [5, 5.41) is 9.04. The summed E-state index contributed by atoms with van der Waals surface area (Å²) in [5.74, 6) is 0.294. The number of carboxylic acid groups (broad SMARTS) is 1. The first-order valence-corrected chi connectivity index (χ1v) is 11.7. The largest absolute Gasteiger partial charge is 0.476 e. The number of hydrogen-bond acceptors (Lipinski definition) is 7. The average molecular weight is 481 g/mol. The third kappa shape index (κ3) is 5.73. The van der Waals surface area contributed by atoms with Gasteiger partial charge in [-0.05, 0) is 55.9 Å². The molecule has 0 bridgehead atoms. The smallest absolute Gasteiger partial charge is 0.356 e. The maximum atomic E-state index is 13.1. The highest BCUT2D eigenvalue weighted by atomic mass is 16.5. The molecule has 2 N–H and O–H groups in total. The summed E-state index contributed by atoms with van der Waals surface area (Å²) in [6.07, 6.45) is 6.78. The van der Waals surface area contributed by atoms with E-state index >= 15 is 0 Å². The number of nitrogens with one attached hydrogen (secondary N) is 1. The molecule has 0 saturated heterocycles. The zero-order valence-electron chi connectivity index (χ0n) is 19.7. The first-order chi connectivity index (χ1) is 16.8. The van der Waals surface area contributed by atoms with E-state index in [1.165, 1.54) is 10.8 Å². The van der Waals surface area contributed by atoms with Crippen LogP contribution in [0.25, 0.3) is 0 Å². The molecule has 0 spiro atoms. The molecule has 2 aromatic heterocycles. The molecule has 35 heavy (non-hydrogen) atoms. The summed E-state index contributed by atoms with van der Waals surface area (Å²) >= 11 is 0. The quantitative estimate of drug-likeness (QED) is 0.529. The minimum Gasteiger partial charge on any atom is -0.476 e. The molecule has 11 heteroatoms. The van der Waals surface area contributed by atoms with Gasteiger partial charge in [-0.2, -0.15) is 0 Å². The van der Waals surface area contributed by atoms with Crippen LogP contribution >= 0.6 is 0 Å². The Morgan fingerprint density at radius 1 is 1.14 bits per heavy atom. The molecule has 4 rings (SSSR count). The third-order valence-electron chi connectivity index (χ3n) is 6.20. The summed E-state index contributed by atoms with van der Waals surface area (Å²) < 4.78 is 8.31. The number of rotatable bonds is 7. The topological polar surface area (TPSA) is 144 Å². The highest BCUT2D eigenvalue weighted by molar-refractivity contribution is 5.84. The lowest BCUT2D eigenvalue weighted by atomic mass is 9.83. The molecule has 11 nitrogen and oxygen atoms in total. The fourth-order valence-electron chi connectivity index (χ4n) is 4.19. The van der Waals surface area contributed by atoms with Crippen molar-refractivity contribution in [1.29, 1.82) is 0 Å². The Morgan fingerprint density at radius 3 is 2.51 bits per heavy atom. The highest BCUT2D eigenvalue weighted by Gasteiger charge is 2.20. The molecular formula is C24H28N6O5. The van der Waals surface area contributed by atoms with Gasteiger partial charge in [0.05, 0.1) is 18.1 Å². The van der Waals surface area contributed by atoms with Crippen molar-refractivity contribution in [2.45, 2.75) is 52.6 Å². The highest BCUT2D eigenvalue weighted by Crippen LogP contribution is 2.28. The van der Waals surface area contributed by atoms with Crippen LogP contribution in [-0.2, 0) is 13.1 Å². The Labute approximate surface area is 200 Å². The van der Waals surface area contributed by atoms with E-state index in [-0.39, 0.29) is 29.4 Å². The Balaban J connectivity index is 1.63. The van der Waals surface area contributed by atoms with Gasteiger partial charge in [0.15, 0.2) is 5.69 Å². The van der Waals surface area contributed by atoms with E-state index in [1.54, 1.807) is 35.8 Å². The maximum Gasteiger partial charge on any atom is 0.356 e. The van der Waals surface area contributed by atoms with Gasteiger partial charge in [-0.1, -0.05) is 19.8 Å². The number of carbonyl (C=O) groups is 1. The van der Waals surface area contributed by atoms with Gasteiger partial charge in [0.1, 0.15) is 5.75 Å². The van der Waals surface area contributed by atoms with Crippen LogP contribution in [0, 0.1) is 11.8 Å². The van der Waals surface area contributed by atoms with Gasteiger partial charge in [0, 0.05) is 13.1 Å². The van der Waals surface area contributed by atoms with E-state index in [1.807, 2.05) is 0 Å². The SMILES string of the molecule is CCn1c(=O)[nH]/c(=N\c2ccc(Oc3cncc(C(=O)O)n3)cc2)n(C[C@H]2CC[C@H](C)CC2)c1=O. The number of nitrogens with zero attached hydrogens (tertiary/aromatic N) is 5. The normalized spacial score (nSPS) is 18.4. The molecule has 0 aliphatic heterocycles. The van der Waals surface area contributed by atoms with Crippen molar-refractivity contribution in [2.75, 3.05) is 0 Å². The van der Waals surface area contributed by atoms with Crippen molar-refractivity contribution in [1.82, 2.24) is 24.1 Å². The molecule has 1 saturated carbocycles. The number of carboxylic acids is 1. The molecule has 1 fully saturated rings. The zero-order valence-corrected chi connectivity index (χ0v) is 19.7. The summed E-state index contributed by atoms with van der Waals surface area (Å²) in [6, 6.07) is 6.60. The second kappa shape index (κ2) is 10.5. The number of aromatic nitrogens is 5. The molecule has 0 unspecified atom stereocenters. The minimum atomic E-state index is -1.20. The number of ether oxygens (including phenoxy) is 1. The Bertz CT molecular complexity index is 1380. The molecule has 1 aliphatic rings. The second-order valence-corrected chi connectivity index (χ2v) is 8.77. The average Bonchev–Trinajstić information content (AvgIpc) is 2.84. The van der Waals surface area contributed by atoms with Crippen molar-refractivity contribution >= 4 is 11.7 Å². The van der Waals surface area contributed by atoms with Crippen LogP contribution < -0.4 is 21.7 Å². The summed E-state index contributed by atoms with van der Waals surface area (Å²) in [7, 11) is 0. The van der Waals surface area contributed by atoms with Crippen molar-refractivity contribution in [3.05, 3.63) is 68.9 Å². The van der Waals surface area contributed by atoms with Crippen LogP contribution in [0.2, 0.25) is 0 Å². The predicted octanol–water partition coefficient (Wildman–Crippen LogP) is 2.70. The van der Waals surface area contributed by atoms with Crippen LogP contribution in [0.1, 0.15) is 50.0 Å². The van der Waals surface area contributed by atoms with Crippen molar-refractivity contribution in [3.8, 4) is 11.6 Å². The Kier molecular flexibility index (Phi) is 7.23. The van der Waals surface area contributed by atoms with Gasteiger partial charge >= 0.3 is 17.3 Å². The Hall–Kier alpha value is -4.02. The molecule has 3 aromatic rings. The van der Waals surface area contributed by atoms with Crippen molar-refractivity contribution in [3.63, 3.8) is 0 Å². The monoisotopic (exact) mass is 480 g/mol. The number of hydrogen-bond donors (Lipinski definition) is 2. The summed E-state index contributed by atoms with van der Waals surface area (Å²) in [4.78, 5) is 51.6. The molecule has 184 valence electrons. The lowest BCUT2D eigenvalue weighted by molar-refractivity contribution is 0.0689. The van der Waals surface area contributed by atoms with Crippen LogP contribution in [0.5, 0.6) is 11.6 Å². The van der Waals surface area contributed by atoms with Crippen molar-refractivity contribution in [2.24, 2.45) is 16.8 Å². The molecular weight excluding hydrogens is 452 g/mol. The number of H-pyrrole nitrogens is 1. The van der Waals surface area contributed by atoms with Gasteiger partial charge in [0.25, 0.3) is 0 Å². The second-order valence-electron chi connectivity index (χ2n) is 8.77. The zero-order chi connectivity index (χ0) is 24.9. The van der Waals surface area contributed by atoms with Crippen molar-refractivity contribution < 1.29 is 14.6 Å². The molecule has 0 amide bonds. The van der Waals surface area contributed by atoms with Crippen LogP contribution in [-0.4, -0.2) is 35.2 Å². The predicted molar refractivity (Wildman–Crippen MR) is 127 cm³/mol. The minimum absolute atomic E-state index is 0.0433. The van der Waals surface area contributed by atoms with E-state index in [2.05, 4.69) is 26.9 Å². The first-order valence-electron chi connectivity index (χ1n) is 11.7. The standard InChI is InChI=1S/C24H28N6O5/c1-3-29-23(33)28-22(30(24(29)34)14-16-6-4-15(2)5-7-16)26-17-8-10-18(11-9-17)35-20-13-25-12-19(27-20)21(31)32/h8-13,15-16H,3-7,14H2,1-2H3,(H,31,32)(H,26,28,33)/t15-,16-. The van der Waals surface area contributed by atoms with E-state index in [0.717, 1.165) is 31.9 Å². The van der Waals surface area contributed by atoms with E-state index in [9.17, 15) is 14.4 Å². The van der Waals surface area contributed by atoms with Gasteiger partial charge in [-0.3, -0.25) is 14.5 Å². The first kappa shape index (κ1) is 24.1. The molecule has 2 heterocycles. The van der Waals surface area contributed by atoms with E-state index in [4.69, 9.17) is 9.84 Å². The molecule has 1 aliphatic carbocycles. The number of benzene rings is 1. The molecule has 0 atom stereocenters. The van der Waals surface area contributed by atoms with Gasteiger partial charge in [0.2, 0.25) is 11.5 Å². The lowest BCUT2D eigenvalue weighted by Crippen LogP contribution is -2.50. The van der Waals surface area contributed by atoms with Gasteiger partial charge in [-0.15, -0.1) is 0 Å². The van der Waals surface area contributed by atoms with E-state index < -0.39 is 11.7 Å². The number of aromatic carboxylic acids is 1. The van der Waals surface area contributed by atoms with Crippen LogP contribution in [0.4, 0.5) is 5.69 Å². The lowest BCUT2D eigenvalue weighted by Gasteiger charge is -2.26. The van der Waals surface area contributed by atoms with Gasteiger partial charge < -0.3 is 9.84 Å². The Morgan fingerprint density at radius 2 is 1.86 bits per heavy atom. The van der Waals surface area contributed by atoms with Crippen LogP contribution in [0.15, 0.2) is 51.2 Å². The fraction of sp³-hybridized carbons (Fsp3) is 0.417. The van der Waals surface area contributed by atoms with E-state index in [0.29, 0.717) is 29.8 Å². The number of aromatic amines is 1. The summed E-state index contributed by atoms with van der Waals surface area (Å²) in [6.45, 7) is 4.78. The maximum absolute atomic E-state index is 13.1.